The predicted octanol–water partition coefficient (Wildman–Crippen LogP) is 4.17. The van der Waals surface area contributed by atoms with Gasteiger partial charge in [-0.05, 0) is 23.8 Å². The molecule has 1 rings (SSSR count). The summed E-state index contributed by atoms with van der Waals surface area (Å²) in [5.74, 6) is 0. The smallest absolute Gasteiger partial charge is 0.205 e. The molecule has 1 aromatic carbocycles. The van der Waals surface area contributed by atoms with Crippen molar-refractivity contribution in [2.24, 2.45) is 0 Å². The lowest BCUT2D eigenvalue weighted by Gasteiger charge is -2.02. The highest BCUT2D eigenvalue weighted by Gasteiger charge is 2.08. The molecule has 0 spiro atoms. The van der Waals surface area contributed by atoms with Crippen LogP contribution in [0.5, 0.6) is 0 Å². The van der Waals surface area contributed by atoms with Crippen LogP contribution in [0.2, 0.25) is 5.02 Å². The lowest BCUT2D eigenvalue weighted by molar-refractivity contribution is 0.151. The molecule has 0 aliphatic heterocycles. The van der Waals surface area contributed by atoms with Gasteiger partial charge >= 0.3 is 0 Å². The van der Waals surface area contributed by atoms with Crippen molar-refractivity contribution in [3.8, 4) is 0 Å². The van der Waals surface area contributed by atoms with Crippen LogP contribution >= 0.6 is 27.5 Å². The minimum atomic E-state index is -2.46. The van der Waals surface area contributed by atoms with E-state index in [4.69, 9.17) is 11.6 Å². The molecule has 0 saturated carbocycles. The highest BCUT2D eigenvalue weighted by Crippen LogP contribution is 2.24. The van der Waals surface area contributed by atoms with Gasteiger partial charge in [-0.1, -0.05) is 27.5 Å². The highest BCUT2D eigenvalue weighted by molar-refractivity contribution is 9.08. The van der Waals surface area contributed by atoms with E-state index in [1.165, 1.54) is 12.1 Å². The molecule has 0 heterocycles. The summed E-state index contributed by atoms with van der Waals surface area (Å²) in [5.41, 5.74) is 0.731. The third-order valence-corrected chi connectivity index (χ3v) is 2.25. The Morgan fingerprint density at radius 1 is 1.33 bits per heavy atom. The summed E-state index contributed by atoms with van der Waals surface area (Å²) in [7, 11) is 0. The van der Waals surface area contributed by atoms with Gasteiger partial charge in [0.1, 0.15) is 0 Å². The maximum Gasteiger partial charge on any atom is 0.263 e. The predicted molar refractivity (Wildman–Crippen MR) is 49.0 cm³/mol. The second-order valence-electron chi connectivity index (χ2n) is 2.33. The van der Waals surface area contributed by atoms with Crippen LogP contribution < -0.4 is 0 Å². The molecule has 0 aromatic heterocycles. The van der Waals surface area contributed by atoms with Gasteiger partial charge in [-0.15, -0.1) is 0 Å². The average Bonchev–Trinajstić information content (AvgIpc) is 2.03. The first-order valence-corrected chi connectivity index (χ1v) is 4.77. The van der Waals surface area contributed by atoms with Gasteiger partial charge in [-0.25, -0.2) is 8.78 Å². The second-order valence-corrected chi connectivity index (χ2v) is 3.32. The molecule has 0 saturated heterocycles. The number of hydrogen-bond acceptors (Lipinski definition) is 0. The standard InChI is InChI=1S/C8H6BrClF2/c9-4-5-1-6(8(11)12)3-7(10)2-5/h1-3,8H,4H2. The number of hydrogen-bond donors (Lipinski definition) is 0. The maximum absolute atomic E-state index is 12.2. The fraction of sp³-hybridized carbons (Fsp3) is 0.250. The van der Waals surface area contributed by atoms with E-state index in [2.05, 4.69) is 15.9 Å². The molecule has 0 atom stereocenters. The molecular formula is C8H6BrClF2. The molecular weight excluding hydrogens is 249 g/mol. The highest BCUT2D eigenvalue weighted by atomic mass is 79.9. The second kappa shape index (κ2) is 4.19. The molecule has 0 nitrogen and oxygen atoms in total. The lowest BCUT2D eigenvalue weighted by Crippen LogP contribution is -1.86. The summed E-state index contributed by atoms with van der Waals surface area (Å²) < 4.78 is 24.4. The van der Waals surface area contributed by atoms with Gasteiger partial charge in [0, 0.05) is 15.9 Å². The van der Waals surface area contributed by atoms with Crippen molar-refractivity contribution in [1.29, 1.82) is 0 Å². The first-order valence-electron chi connectivity index (χ1n) is 3.27. The van der Waals surface area contributed by atoms with E-state index < -0.39 is 6.43 Å². The first kappa shape index (κ1) is 9.93. The van der Waals surface area contributed by atoms with Crippen LogP contribution in [0.4, 0.5) is 8.78 Å². The normalized spacial score (nSPS) is 10.8. The van der Waals surface area contributed by atoms with Gasteiger partial charge in [0.25, 0.3) is 6.43 Å². The van der Waals surface area contributed by atoms with Gasteiger partial charge in [-0.3, -0.25) is 0 Å². The zero-order valence-corrected chi connectivity index (χ0v) is 8.37. The van der Waals surface area contributed by atoms with E-state index in [9.17, 15) is 8.78 Å². The Morgan fingerprint density at radius 2 is 2.00 bits per heavy atom. The first-order chi connectivity index (χ1) is 5.63. The molecule has 66 valence electrons. The Hall–Kier alpha value is -0.150. The van der Waals surface area contributed by atoms with Gasteiger partial charge in [-0.2, -0.15) is 0 Å². The minimum Gasteiger partial charge on any atom is -0.205 e. The Balaban J connectivity index is 3.06. The Kier molecular flexibility index (Phi) is 3.47. The van der Waals surface area contributed by atoms with Crippen molar-refractivity contribution >= 4 is 27.5 Å². The summed E-state index contributed by atoms with van der Waals surface area (Å²) in [6, 6.07) is 4.37. The summed E-state index contributed by atoms with van der Waals surface area (Å²) in [4.78, 5) is 0. The Morgan fingerprint density at radius 3 is 2.50 bits per heavy atom. The van der Waals surface area contributed by atoms with Gasteiger partial charge < -0.3 is 0 Å². The van der Waals surface area contributed by atoms with Gasteiger partial charge in [0.05, 0.1) is 0 Å². The van der Waals surface area contributed by atoms with Gasteiger partial charge in [0.15, 0.2) is 0 Å². The van der Waals surface area contributed by atoms with Crippen LogP contribution in [0.1, 0.15) is 17.6 Å². The van der Waals surface area contributed by atoms with Crippen LogP contribution in [0.15, 0.2) is 18.2 Å². The van der Waals surface area contributed by atoms with E-state index in [1.807, 2.05) is 0 Å². The van der Waals surface area contributed by atoms with Crippen LogP contribution in [0.25, 0.3) is 0 Å². The SMILES string of the molecule is FC(F)c1cc(Cl)cc(CBr)c1. The quantitative estimate of drug-likeness (QED) is 0.696. The van der Waals surface area contributed by atoms with Crippen LogP contribution in [-0.2, 0) is 5.33 Å². The largest absolute Gasteiger partial charge is 0.263 e. The topological polar surface area (TPSA) is 0 Å². The fourth-order valence-electron chi connectivity index (χ4n) is 0.879. The van der Waals surface area contributed by atoms with Crippen molar-refractivity contribution in [3.05, 3.63) is 34.3 Å². The number of halogens is 4. The molecule has 4 heteroatoms. The zero-order chi connectivity index (χ0) is 9.14. The van der Waals surface area contributed by atoms with Crippen LogP contribution in [0.3, 0.4) is 0 Å². The van der Waals surface area contributed by atoms with E-state index >= 15 is 0 Å². The summed E-state index contributed by atoms with van der Waals surface area (Å²) in [5, 5.41) is 0.884. The fourth-order valence-corrected chi connectivity index (χ4v) is 1.47. The van der Waals surface area contributed by atoms with Crippen molar-refractivity contribution in [2.75, 3.05) is 0 Å². The van der Waals surface area contributed by atoms with E-state index in [0.29, 0.717) is 10.4 Å². The minimum absolute atomic E-state index is 0.0306. The maximum atomic E-state index is 12.2. The Bertz CT molecular complexity index is 276. The van der Waals surface area contributed by atoms with Crippen molar-refractivity contribution in [2.45, 2.75) is 11.8 Å². The Labute approximate surface area is 82.7 Å². The monoisotopic (exact) mass is 254 g/mol. The van der Waals surface area contributed by atoms with E-state index in [1.54, 1.807) is 6.07 Å². The van der Waals surface area contributed by atoms with Crippen molar-refractivity contribution in [1.82, 2.24) is 0 Å². The molecule has 0 N–H and O–H groups in total. The number of benzene rings is 1. The molecule has 0 amide bonds. The molecule has 0 unspecified atom stereocenters. The molecule has 0 fully saturated rings. The molecule has 0 aliphatic rings. The summed E-state index contributed by atoms with van der Waals surface area (Å²) >= 11 is 8.79. The summed E-state index contributed by atoms with van der Waals surface area (Å²) in [6.07, 6.45) is -2.46. The van der Waals surface area contributed by atoms with Crippen molar-refractivity contribution in [3.63, 3.8) is 0 Å². The van der Waals surface area contributed by atoms with Gasteiger partial charge in [0.2, 0.25) is 0 Å². The third-order valence-electron chi connectivity index (χ3n) is 1.39. The lowest BCUT2D eigenvalue weighted by atomic mass is 10.1. The van der Waals surface area contributed by atoms with Crippen LogP contribution in [0, 0.1) is 0 Å². The zero-order valence-electron chi connectivity index (χ0n) is 6.03. The number of rotatable bonds is 2. The average molecular weight is 255 g/mol. The van der Waals surface area contributed by atoms with Crippen molar-refractivity contribution < 1.29 is 8.78 Å². The third kappa shape index (κ3) is 2.42. The van der Waals surface area contributed by atoms with Crippen LogP contribution in [-0.4, -0.2) is 0 Å². The number of alkyl halides is 3. The molecule has 0 radical (unpaired) electrons. The summed E-state index contributed by atoms with van der Waals surface area (Å²) in [6.45, 7) is 0. The molecule has 12 heavy (non-hydrogen) atoms. The van der Waals surface area contributed by atoms with E-state index in [-0.39, 0.29) is 5.56 Å². The molecule has 0 aliphatic carbocycles. The molecule has 1 aromatic rings. The molecule has 0 bridgehead atoms. The van der Waals surface area contributed by atoms with E-state index in [0.717, 1.165) is 5.56 Å².